The summed E-state index contributed by atoms with van der Waals surface area (Å²) in [6.07, 6.45) is 0. The summed E-state index contributed by atoms with van der Waals surface area (Å²) in [4.78, 5) is 16.8. The van der Waals surface area contributed by atoms with E-state index >= 15 is 0 Å². The van der Waals surface area contributed by atoms with Crippen LogP contribution in [0.1, 0.15) is 0 Å². The van der Waals surface area contributed by atoms with Gasteiger partial charge in [-0.25, -0.2) is 4.57 Å². The molecule has 1 rings (SSSR count). The molecule has 0 saturated carbocycles. The monoisotopic (exact) mass is 220 g/mol. The van der Waals surface area contributed by atoms with Crippen molar-refractivity contribution in [3.63, 3.8) is 0 Å². The lowest BCUT2D eigenvalue weighted by Crippen LogP contribution is -1.93. The summed E-state index contributed by atoms with van der Waals surface area (Å²) >= 11 is 0. The Morgan fingerprint density at radius 2 is 1.77 bits per heavy atom. The molecule has 70 valence electrons. The van der Waals surface area contributed by atoms with Gasteiger partial charge in [-0.15, -0.1) is 0 Å². The first-order valence-corrected chi connectivity index (χ1v) is 5.54. The van der Waals surface area contributed by atoms with E-state index in [0.717, 1.165) is 0 Å². The van der Waals surface area contributed by atoms with Gasteiger partial charge in [0.25, 0.3) is 0 Å². The van der Waals surface area contributed by atoms with Gasteiger partial charge < -0.3 is 4.52 Å². The van der Waals surface area contributed by atoms with E-state index in [1.54, 1.807) is 0 Å². The van der Waals surface area contributed by atoms with Crippen LogP contribution >= 0.6 is 16.3 Å². The number of phosphoric ester groups is 1. The van der Waals surface area contributed by atoms with E-state index in [-0.39, 0.29) is 14.2 Å². The van der Waals surface area contributed by atoms with Crippen LogP contribution in [0.4, 0.5) is 0 Å². The quantitative estimate of drug-likeness (QED) is 0.744. The van der Waals surface area contributed by atoms with Gasteiger partial charge in [0.15, 0.2) is 8.46 Å². The first-order valence-electron chi connectivity index (χ1n) is 3.20. The summed E-state index contributed by atoms with van der Waals surface area (Å²) in [6, 6.07) is 5.55. The molecule has 0 aliphatic carbocycles. The summed E-state index contributed by atoms with van der Waals surface area (Å²) < 4.78 is 24.9. The first kappa shape index (κ1) is 10.4. The second-order valence-corrected chi connectivity index (χ2v) is 4.03. The highest BCUT2D eigenvalue weighted by Gasteiger charge is 2.15. The van der Waals surface area contributed by atoms with Crippen molar-refractivity contribution in [2.45, 2.75) is 0 Å². The Morgan fingerprint density at radius 3 is 2.15 bits per heavy atom. The first-order chi connectivity index (χ1) is 6.01. The number of hydrogen-bond acceptors (Lipinski definition) is 3. The van der Waals surface area contributed by atoms with E-state index in [1.165, 1.54) is 24.3 Å². The maximum atomic E-state index is 10.4. The van der Waals surface area contributed by atoms with Crippen LogP contribution in [0.2, 0.25) is 0 Å². The van der Waals surface area contributed by atoms with E-state index < -0.39 is 7.82 Å². The third-order valence-electron chi connectivity index (χ3n) is 1.17. The Balaban J connectivity index is 2.81. The second kappa shape index (κ2) is 3.99. The van der Waals surface area contributed by atoms with Gasteiger partial charge in [-0.05, 0) is 24.3 Å². The van der Waals surface area contributed by atoms with Crippen molar-refractivity contribution in [1.82, 2.24) is 0 Å². The highest BCUT2D eigenvalue weighted by atomic mass is 31.2. The minimum absolute atomic E-state index is 0.0423. The lowest BCUT2D eigenvalue weighted by molar-refractivity contribution is 0.283. The molecule has 0 spiro atoms. The van der Waals surface area contributed by atoms with Gasteiger partial charge in [-0.2, -0.15) is 0 Å². The zero-order valence-corrected chi connectivity index (χ0v) is 8.11. The molecular weight excluding hydrogens is 214 g/mol. The van der Waals surface area contributed by atoms with Crippen molar-refractivity contribution in [1.29, 1.82) is 0 Å². The van der Waals surface area contributed by atoms with Crippen LogP contribution in [0.5, 0.6) is 5.75 Å². The molecule has 0 heterocycles. The fourth-order valence-electron chi connectivity index (χ4n) is 0.705. The molecular formula is C6H6O5P2. The molecule has 1 aromatic rings. The third-order valence-corrected chi connectivity index (χ3v) is 2.12. The largest absolute Gasteiger partial charge is 0.524 e. The Hall–Kier alpha value is -0.730. The maximum absolute atomic E-state index is 10.4. The number of hydrogen-bond donors (Lipinski definition) is 2. The summed E-state index contributed by atoms with van der Waals surface area (Å²) in [5.74, 6) is 0.0423. The third kappa shape index (κ3) is 3.66. The second-order valence-electron chi connectivity index (χ2n) is 2.17. The van der Waals surface area contributed by atoms with Crippen molar-refractivity contribution < 1.29 is 23.4 Å². The van der Waals surface area contributed by atoms with Gasteiger partial charge in [0.1, 0.15) is 5.75 Å². The SMILES string of the molecule is O=Pc1ccc(OP(=O)(O)O)cc1. The Bertz CT molecular complexity index is 341. The molecule has 0 radical (unpaired) electrons. The Labute approximate surface area is 75.8 Å². The van der Waals surface area contributed by atoms with Crippen molar-refractivity contribution >= 4 is 21.6 Å². The zero-order chi connectivity index (χ0) is 9.90. The van der Waals surface area contributed by atoms with Crippen LogP contribution in [-0.2, 0) is 9.13 Å². The van der Waals surface area contributed by atoms with Crippen molar-refractivity contribution in [2.24, 2.45) is 0 Å². The molecule has 7 heteroatoms. The van der Waals surface area contributed by atoms with Crippen molar-refractivity contribution in [3.05, 3.63) is 24.3 Å². The molecule has 0 fully saturated rings. The average molecular weight is 220 g/mol. The molecule has 2 N–H and O–H groups in total. The van der Waals surface area contributed by atoms with Crippen molar-refractivity contribution in [2.75, 3.05) is 0 Å². The highest BCUT2D eigenvalue weighted by molar-refractivity contribution is 7.46. The molecule has 13 heavy (non-hydrogen) atoms. The predicted octanol–water partition coefficient (Wildman–Crippen LogP) is 1.08. The molecule has 0 aliphatic rings. The Kier molecular flexibility index (Phi) is 3.17. The molecule has 5 nitrogen and oxygen atoms in total. The smallest absolute Gasteiger partial charge is 0.404 e. The van der Waals surface area contributed by atoms with Gasteiger partial charge in [0.2, 0.25) is 0 Å². The summed E-state index contributed by atoms with van der Waals surface area (Å²) in [7, 11) is -4.64. The molecule has 0 bridgehead atoms. The molecule has 1 aromatic carbocycles. The van der Waals surface area contributed by atoms with Gasteiger partial charge in [0.05, 0.1) is 0 Å². The Morgan fingerprint density at radius 1 is 1.23 bits per heavy atom. The van der Waals surface area contributed by atoms with Gasteiger partial charge in [-0.1, -0.05) is 0 Å². The standard InChI is InChI=1S/C6H6O5P2/c7-12-6-3-1-5(2-4-6)11-13(8,9)10/h1-4H,(H2,8,9,10). The van der Waals surface area contributed by atoms with Gasteiger partial charge in [0, 0.05) is 5.30 Å². The summed E-state index contributed by atoms with van der Waals surface area (Å²) in [5.41, 5.74) is 0. The molecule has 0 unspecified atom stereocenters. The average Bonchev–Trinajstić information content (AvgIpc) is 2.03. The van der Waals surface area contributed by atoms with Gasteiger partial charge in [-0.3, -0.25) is 14.4 Å². The van der Waals surface area contributed by atoms with Gasteiger partial charge >= 0.3 is 7.82 Å². The van der Waals surface area contributed by atoms with Crippen LogP contribution in [0.15, 0.2) is 24.3 Å². The number of benzene rings is 1. The minimum atomic E-state index is -4.49. The van der Waals surface area contributed by atoms with E-state index in [2.05, 4.69) is 4.52 Å². The fourth-order valence-corrected chi connectivity index (χ4v) is 1.37. The van der Waals surface area contributed by atoms with E-state index in [1.807, 2.05) is 0 Å². The number of rotatable bonds is 3. The molecule has 0 saturated heterocycles. The molecule has 0 amide bonds. The van der Waals surface area contributed by atoms with Crippen molar-refractivity contribution in [3.8, 4) is 5.75 Å². The predicted molar refractivity (Wildman–Crippen MR) is 46.4 cm³/mol. The normalized spacial score (nSPS) is 11.5. The minimum Gasteiger partial charge on any atom is -0.404 e. The van der Waals surface area contributed by atoms with Crippen LogP contribution < -0.4 is 9.83 Å². The van der Waals surface area contributed by atoms with Crippen LogP contribution in [-0.4, -0.2) is 9.79 Å². The molecule has 0 aliphatic heterocycles. The van der Waals surface area contributed by atoms with E-state index in [0.29, 0.717) is 5.30 Å². The van der Waals surface area contributed by atoms with Crippen LogP contribution in [0.3, 0.4) is 0 Å². The highest BCUT2D eigenvalue weighted by Crippen LogP contribution is 2.36. The van der Waals surface area contributed by atoms with E-state index in [4.69, 9.17) is 9.79 Å². The summed E-state index contributed by atoms with van der Waals surface area (Å²) in [6.45, 7) is 0. The molecule has 0 aromatic heterocycles. The topological polar surface area (TPSA) is 83.8 Å². The fraction of sp³-hybridized carbons (Fsp3) is 0. The summed E-state index contributed by atoms with van der Waals surface area (Å²) in [5, 5.41) is 0.512. The van der Waals surface area contributed by atoms with Crippen LogP contribution in [0, 0.1) is 0 Å². The lowest BCUT2D eigenvalue weighted by Gasteiger charge is -2.05. The van der Waals surface area contributed by atoms with Crippen LogP contribution in [0.25, 0.3) is 0 Å². The molecule has 0 atom stereocenters. The van der Waals surface area contributed by atoms with E-state index in [9.17, 15) is 9.13 Å². The zero-order valence-electron chi connectivity index (χ0n) is 6.32. The lowest BCUT2D eigenvalue weighted by atomic mass is 10.3. The maximum Gasteiger partial charge on any atom is 0.524 e. The number of phosphoric acid groups is 1.